The summed E-state index contributed by atoms with van der Waals surface area (Å²) in [6, 6.07) is 16.2. The molecule has 26 heavy (non-hydrogen) atoms. The molecule has 132 valence electrons. The van der Waals surface area contributed by atoms with E-state index in [9.17, 15) is 9.59 Å². The van der Waals surface area contributed by atoms with Gasteiger partial charge < -0.3 is 10.6 Å². The fraction of sp³-hybridized carbons (Fsp3) is 0.0556. The lowest BCUT2D eigenvalue weighted by Crippen LogP contribution is -2.19. The van der Waals surface area contributed by atoms with Gasteiger partial charge in [-0.15, -0.1) is 23.1 Å². The summed E-state index contributed by atoms with van der Waals surface area (Å²) in [5.41, 5.74) is 1.62. The highest BCUT2D eigenvalue weighted by Gasteiger charge is 2.13. The van der Waals surface area contributed by atoms with E-state index in [1.807, 2.05) is 48.7 Å². The first-order valence-corrected chi connectivity index (χ1v) is 9.78. The highest BCUT2D eigenvalue weighted by molar-refractivity contribution is 7.98. The van der Waals surface area contributed by atoms with E-state index >= 15 is 0 Å². The predicted octanol–water partition coefficient (Wildman–Crippen LogP) is 4.76. The van der Waals surface area contributed by atoms with Gasteiger partial charge >= 0.3 is 6.03 Å². The van der Waals surface area contributed by atoms with E-state index in [0.717, 1.165) is 4.90 Å². The molecule has 0 fully saturated rings. The summed E-state index contributed by atoms with van der Waals surface area (Å²) in [6.07, 6.45) is 1.97. The largest absolute Gasteiger partial charge is 0.325 e. The molecule has 6 nitrogen and oxygen atoms in total. The van der Waals surface area contributed by atoms with Crippen LogP contribution in [0.1, 0.15) is 10.5 Å². The number of anilines is 3. The number of hydrogen-bond acceptors (Lipinski definition) is 5. The Morgan fingerprint density at radius 3 is 2.50 bits per heavy atom. The Kier molecular flexibility index (Phi) is 5.88. The van der Waals surface area contributed by atoms with Gasteiger partial charge in [-0.1, -0.05) is 24.3 Å². The second-order valence-corrected chi connectivity index (χ2v) is 6.91. The third-order valence-electron chi connectivity index (χ3n) is 3.32. The quantitative estimate of drug-likeness (QED) is 0.554. The number of carbonyl (C=O) groups excluding carboxylic acids is 2. The Bertz CT molecular complexity index is 912. The van der Waals surface area contributed by atoms with Crippen molar-refractivity contribution < 1.29 is 9.59 Å². The van der Waals surface area contributed by atoms with E-state index < -0.39 is 6.03 Å². The lowest BCUT2D eigenvalue weighted by molar-refractivity contribution is 0.102. The van der Waals surface area contributed by atoms with E-state index in [-0.39, 0.29) is 11.6 Å². The smallest absolute Gasteiger partial charge is 0.321 e. The first-order chi connectivity index (χ1) is 12.6. The molecule has 0 radical (unpaired) electrons. The van der Waals surface area contributed by atoms with Crippen molar-refractivity contribution in [2.45, 2.75) is 4.90 Å². The standard InChI is InChI=1S/C18H16N4O2S2/c1-25-14-9-5-8-13(10-14)19-16(23)15-11-26-18(21-15)22-17(24)20-12-6-3-2-4-7-12/h2-11H,1H3,(H,19,23)(H2,20,21,22,24). The summed E-state index contributed by atoms with van der Waals surface area (Å²) in [7, 11) is 0. The number of aromatic nitrogens is 1. The summed E-state index contributed by atoms with van der Waals surface area (Å²) < 4.78 is 0. The number of hydrogen-bond donors (Lipinski definition) is 3. The van der Waals surface area contributed by atoms with Crippen LogP contribution in [-0.2, 0) is 0 Å². The van der Waals surface area contributed by atoms with Crippen molar-refractivity contribution in [2.24, 2.45) is 0 Å². The van der Waals surface area contributed by atoms with Crippen LogP contribution in [0, 0.1) is 0 Å². The Balaban J connectivity index is 1.60. The minimum Gasteiger partial charge on any atom is -0.321 e. The van der Waals surface area contributed by atoms with Crippen LogP contribution in [0.2, 0.25) is 0 Å². The lowest BCUT2D eigenvalue weighted by atomic mass is 10.3. The topological polar surface area (TPSA) is 83.1 Å². The fourth-order valence-electron chi connectivity index (χ4n) is 2.11. The fourth-order valence-corrected chi connectivity index (χ4v) is 3.26. The van der Waals surface area contributed by atoms with Gasteiger partial charge in [-0.2, -0.15) is 0 Å². The number of nitrogens with zero attached hydrogens (tertiary/aromatic N) is 1. The molecular weight excluding hydrogens is 368 g/mol. The average Bonchev–Trinajstić information content (AvgIpc) is 3.11. The Hall–Kier alpha value is -2.84. The molecule has 0 aliphatic carbocycles. The maximum Gasteiger partial charge on any atom is 0.325 e. The number of nitrogens with one attached hydrogen (secondary N) is 3. The van der Waals surface area contributed by atoms with Crippen molar-refractivity contribution in [3.8, 4) is 0 Å². The highest BCUT2D eigenvalue weighted by Crippen LogP contribution is 2.21. The summed E-state index contributed by atoms with van der Waals surface area (Å²) in [4.78, 5) is 29.5. The number of benzene rings is 2. The normalized spacial score (nSPS) is 10.2. The van der Waals surface area contributed by atoms with Crippen LogP contribution in [0.25, 0.3) is 0 Å². The van der Waals surface area contributed by atoms with Gasteiger partial charge in [-0.3, -0.25) is 10.1 Å². The van der Waals surface area contributed by atoms with Gasteiger partial charge in [-0.25, -0.2) is 9.78 Å². The Morgan fingerprint density at radius 1 is 0.962 bits per heavy atom. The van der Waals surface area contributed by atoms with Crippen LogP contribution in [0.15, 0.2) is 64.9 Å². The average molecular weight is 384 g/mol. The van der Waals surface area contributed by atoms with Crippen LogP contribution >= 0.6 is 23.1 Å². The molecule has 3 N–H and O–H groups in total. The summed E-state index contributed by atoms with van der Waals surface area (Å²) in [6.45, 7) is 0. The molecule has 0 bridgehead atoms. The molecule has 0 aliphatic heterocycles. The highest BCUT2D eigenvalue weighted by atomic mass is 32.2. The molecule has 0 aliphatic rings. The van der Waals surface area contributed by atoms with Gasteiger partial charge in [0.1, 0.15) is 5.69 Å². The number of thiazole rings is 1. The van der Waals surface area contributed by atoms with Crippen molar-refractivity contribution >= 4 is 51.5 Å². The summed E-state index contributed by atoms with van der Waals surface area (Å²) in [5, 5.41) is 10.1. The summed E-state index contributed by atoms with van der Waals surface area (Å²) >= 11 is 2.79. The third kappa shape index (κ3) is 4.84. The molecule has 8 heteroatoms. The first kappa shape index (κ1) is 18.0. The van der Waals surface area contributed by atoms with E-state index in [2.05, 4.69) is 20.9 Å². The van der Waals surface area contributed by atoms with Crippen molar-refractivity contribution in [2.75, 3.05) is 22.2 Å². The molecule has 3 rings (SSSR count). The molecule has 3 amide bonds. The summed E-state index contributed by atoms with van der Waals surface area (Å²) in [5.74, 6) is -0.323. The van der Waals surface area contributed by atoms with Crippen LogP contribution in [0.3, 0.4) is 0 Å². The second kappa shape index (κ2) is 8.50. The van der Waals surface area contributed by atoms with Gasteiger partial charge in [-0.05, 0) is 36.6 Å². The van der Waals surface area contributed by atoms with Crippen molar-refractivity contribution in [3.05, 3.63) is 65.7 Å². The molecular formula is C18H16N4O2S2. The Labute approximate surface area is 159 Å². The molecule has 1 aromatic heterocycles. The molecule has 2 aromatic carbocycles. The van der Waals surface area contributed by atoms with Crippen LogP contribution < -0.4 is 16.0 Å². The van der Waals surface area contributed by atoms with E-state index in [0.29, 0.717) is 16.5 Å². The minimum absolute atomic E-state index is 0.250. The van der Waals surface area contributed by atoms with E-state index in [1.165, 1.54) is 11.3 Å². The number of rotatable bonds is 5. The number of amides is 3. The molecule has 0 spiro atoms. The third-order valence-corrected chi connectivity index (χ3v) is 4.80. The zero-order chi connectivity index (χ0) is 18.4. The molecule has 1 heterocycles. The van der Waals surface area contributed by atoms with Crippen molar-refractivity contribution in [1.82, 2.24) is 4.98 Å². The van der Waals surface area contributed by atoms with Crippen molar-refractivity contribution in [3.63, 3.8) is 0 Å². The lowest BCUT2D eigenvalue weighted by Gasteiger charge is -2.05. The van der Waals surface area contributed by atoms with Gasteiger partial charge in [0.25, 0.3) is 5.91 Å². The zero-order valence-electron chi connectivity index (χ0n) is 13.9. The monoisotopic (exact) mass is 384 g/mol. The maximum atomic E-state index is 12.3. The molecule has 0 unspecified atom stereocenters. The molecule has 0 saturated carbocycles. The maximum absolute atomic E-state index is 12.3. The van der Waals surface area contributed by atoms with Gasteiger partial charge in [0.15, 0.2) is 5.13 Å². The SMILES string of the molecule is CSc1cccc(NC(=O)c2csc(NC(=O)Nc3ccccc3)n2)c1. The van der Waals surface area contributed by atoms with Gasteiger partial charge in [0.2, 0.25) is 0 Å². The van der Waals surface area contributed by atoms with Gasteiger partial charge in [0.05, 0.1) is 0 Å². The van der Waals surface area contributed by atoms with E-state index in [4.69, 9.17) is 0 Å². The molecule has 3 aromatic rings. The molecule has 0 atom stereocenters. The van der Waals surface area contributed by atoms with Gasteiger partial charge in [0, 0.05) is 21.7 Å². The van der Waals surface area contributed by atoms with Crippen LogP contribution in [-0.4, -0.2) is 23.2 Å². The number of urea groups is 1. The zero-order valence-corrected chi connectivity index (χ0v) is 15.5. The number of carbonyl (C=O) groups is 2. The second-order valence-electron chi connectivity index (χ2n) is 5.17. The number of thioether (sulfide) groups is 1. The van der Waals surface area contributed by atoms with E-state index in [1.54, 1.807) is 29.3 Å². The Morgan fingerprint density at radius 2 is 1.73 bits per heavy atom. The van der Waals surface area contributed by atoms with Crippen LogP contribution in [0.4, 0.5) is 21.3 Å². The van der Waals surface area contributed by atoms with Crippen molar-refractivity contribution in [1.29, 1.82) is 0 Å². The first-order valence-electron chi connectivity index (χ1n) is 7.68. The molecule has 0 saturated heterocycles. The number of para-hydroxylation sites is 1. The van der Waals surface area contributed by atoms with Crippen LogP contribution in [0.5, 0.6) is 0 Å². The predicted molar refractivity (Wildman–Crippen MR) is 107 cm³/mol. The minimum atomic E-state index is -0.412.